The third kappa shape index (κ3) is 2.48. The molecular formula is C20H18N2O. The molecule has 0 aliphatic heterocycles. The molecule has 3 aromatic rings. The summed E-state index contributed by atoms with van der Waals surface area (Å²) in [5.41, 5.74) is 5.92. The Morgan fingerprint density at radius 1 is 1.09 bits per heavy atom. The Hall–Kier alpha value is -2.68. The Morgan fingerprint density at radius 3 is 2.74 bits per heavy atom. The molecule has 3 nitrogen and oxygen atoms in total. The Balaban J connectivity index is 1.95. The van der Waals surface area contributed by atoms with Crippen molar-refractivity contribution in [2.45, 2.75) is 26.2 Å². The zero-order chi connectivity index (χ0) is 15.8. The van der Waals surface area contributed by atoms with Crippen molar-refractivity contribution in [3.8, 4) is 0 Å². The second-order valence-corrected chi connectivity index (χ2v) is 6.11. The van der Waals surface area contributed by atoms with Gasteiger partial charge in [0.15, 0.2) is 0 Å². The molecule has 0 saturated carbocycles. The molecule has 0 fully saturated rings. The van der Waals surface area contributed by atoms with Crippen molar-refractivity contribution >= 4 is 17.3 Å². The molecule has 1 aromatic carbocycles. The predicted molar refractivity (Wildman–Crippen MR) is 93.5 cm³/mol. The molecule has 0 unspecified atom stereocenters. The number of fused-ring (bicyclic) bond motifs is 2. The normalized spacial score (nSPS) is 15.8. The summed E-state index contributed by atoms with van der Waals surface area (Å²) in [6.45, 7) is 1.99. The third-order valence-corrected chi connectivity index (χ3v) is 4.38. The number of aromatic nitrogens is 2. The Kier molecular flexibility index (Phi) is 3.34. The van der Waals surface area contributed by atoms with Gasteiger partial charge in [-0.1, -0.05) is 36.4 Å². The van der Waals surface area contributed by atoms with Crippen LogP contribution in [0.3, 0.4) is 0 Å². The monoisotopic (exact) mass is 302 g/mol. The highest BCUT2D eigenvalue weighted by Crippen LogP contribution is 2.29. The third-order valence-electron chi connectivity index (χ3n) is 4.38. The average Bonchev–Trinajstić information content (AvgIpc) is 2.57. The van der Waals surface area contributed by atoms with Crippen molar-refractivity contribution in [2.75, 3.05) is 0 Å². The molecular weight excluding hydrogens is 284 g/mol. The summed E-state index contributed by atoms with van der Waals surface area (Å²) in [5.74, 6) is 0. The van der Waals surface area contributed by atoms with E-state index in [2.05, 4.69) is 18.2 Å². The molecule has 0 saturated heterocycles. The molecule has 3 heteroatoms. The minimum atomic E-state index is 0.0763. The molecule has 23 heavy (non-hydrogen) atoms. The van der Waals surface area contributed by atoms with Crippen LogP contribution in [0.4, 0.5) is 0 Å². The van der Waals surface area contributed by atoms with Gasteiger partial charge in [-0.2, -0.15) is 0 Å². The Morgan fingerprint density at radius 2 is 1.91 bits per heavy atom. The van der Waals surface area contributed by atoms with Gasteiger partial charge >= 0.3 is 0 Å². The van der Waals surface area contributed by atoms with E-state index in [1.165, 1.54) is 0 Å². The lowest BCUT2D eigenvalue weighted by Gasteiger charge is -2.18. The van der Waals surface area contributed by atoms with E-state index < -0.39 is 0 Å². The first-order valence-electron chi connectivity index (χ1n) is 8.00. The summed E-state index contributed by atoms with van der Waals surface area (Å²) in [6, 6.07) is 14.2. The van der Waals surface area contributed by atoms with Gasteiger partial charge < -0.3 is 0 Å². The fourth-order valence-corrected chi connectivity index (χ4v) is 3.24. The molecule has 114 valence electrons. The second-order valence-electron chi connectivity index (χ2n) is 6.11. The zero-order valence-corrected chi connectivity index (χ0v) is 13.1. The molecule has 2 heterocycles. The van der Waals surface area contributed by atoms with Gasteiger partial charge in [-0.25, -0.2) is 4.98 Å². The summed E-state index contributed by atoms with van der Waals surface area (Å²) in [4.78, 5) is 17.6. The number of rotatable bonds is 1. The van der Waals surface area contributed by atoms with Crippen LogP contribution in [0.25, 0.3) is 17.3 Å². The molecule has 0 bridgehead atoms. The summed E-state index contributed by atoms with van der Waals surface area (Å²) in [7, 11) is 0. The lowest BCUT2D eigenvalue weighted by molar-refractivity contribution is 0.786. The highest BCUT2D eigenvalue weighted by Gasteiger charge is 2.20. The number of hydrogen-bond donors (Lipinski definition) is 0. The molecule has 2 aromatic heterocycles. The summed E-state index contributed by atoms with van der Waals surface area (Å²) >= 11 is 0. The van der Waals surface area contributed by atoms with E-state index >= 15 is 0 Å². The molecule has 0 N–H and O–H groups in total. The van der Waals surface area contributed by atoms with E-state index in [4.69, 9.17) is 4.98 Å². The quantitative estimate of drug-likeness (QED) is 0.683. The maximum Gasteiger partial charge on any atom is 0.261 e. The van der Waals surface area contributed by atoms with Gasteiger partial charge in [0.25, 0.3) is 5.56 Å². The standard InChI is InChI=1S/C20H18N2O/c1-14-10-11-18-21-19-16(12-15-6-3-2-4-7-15)8-5-9-17(19)20(23)22(18)13-14/h2-4,6-7,10-13H,5,8-9H2,1H3. The van der Waals surface area contributed by atoms with Crippen molar-refractivity contribution in [3.63, 3.8) is 0 Å². The molecule has 0 spiro atoms. The van der Waals surface area contributed by atoms with Crippen LogP contribution >= 0.6 is 0 Å². The number of benzene rings is 1. The van der Waals surface area contributed by atoms with Crippen molar-refractivity contribution in [2.24, 2.45) is 0 Å². The van der Waals surface area contributed by atoms with E-state index in [0.29, 0.717) is 0 Å². The fraction of sp³-hybridized carbons (Fsp3) is 0.200. The van der Waals surface area contributed by atoms with Gasteiger partial charge in [0, 0.05) is 11.8 Å². The van der Waals surface area contributed by atoms with Crippen molar-refractivity contribution in [1.29, 1.82) is 0 Å². The van der Waals surface area contributed by atoms with Crippen molar-refractivity contribution in [3.05, 3.63) is 81.4 Å². The number of nitrogens with zero attached hydrogens (tertiary/aromatic N) is 2. The fourth-order valence-electron chi connectivity index (χ4n) is 3.24. The van der Waals surface area contributed by atoms with Gasteiger partial charge in [-0.15, -0.1) is 0 Å². The smallest absolute Gasteiger partial charge is 0.261 e. The number of hydrogen-bond acceptors (Lipinski definition) is 2. The van der Waals surface area contributed by atoms with Crippen LogP contribution in [0.15, 0.2) is 53.5 Å². The van der Waals surface area contributed by atoms with E-state index in [-0.39, 0.29) is 5.56 Å². The number of pyridine rings is 1. The number of aryl methyl sites for hydroxylation is 1. The van der Waals surface area contributed by atoms with Crippen LogP contribution in [0.5, 0.6) is 0 Å². The maximum absolute atomic E-state index is 12.8. The molecule has 0 amide bonds. The Labute approximate surface area is 134 Å². The Bertz CT molecular complexity index is 968. The SMILES string of the molecule is Cc1ccc2nc3c(c(=O)n2c1)CCCC3=Cc1ccccc1. The molecule has 0 radical (unpaired) electrons. The van der Waals surface area contributed by atoms with Crippen LogP contribution in [-0.2, 0) is 6.42 Å². The predicted octanol–water partition coefficient (Wildman–Crippen LogP) is 3.88. The zero-order valence-electron chi connectivity index (χ0n) is 13.1. The topological polar surface area (TPSA) is 34.4 Å². The van der Waals surface area contributed by atoms with Crippen LogP contribution in [0.1, 0.15) is 35.2 Å². The van der Waals surface area contributed by atoms with Gasteiger partial charge in [0.2, 0.25) is 0 Å². The number of allylic oxidation sites excluding steroid dienone is 1. The van der Waals surface area contributed by atoms with Crippen molar-refractivity contribution < 1.29 is 0 Å². The molecule has 1 aliphatic carbocycles. The van der Waals surface area contributed by atoms with Gasteiger partial charge in [0.05, 0.1) is 5.69 Å². The molecule has 0 atom stereocenters. The first-order valence-corrected chi connectivity index (χ1v) is 8.00. The van der Waals surface area contributed by atoms with Gasteiger partial charge in [-0.3, -0.25) is 9.20 Å². The summed E-state index contributed by atoms with van der Waals surface area (Å²) in [6.07, 6.45) is 6.82. The maximum atomic E-state index is 12.8. The molecule has 4 rings (SSSR count). The summed E-state index contributed by atoms with van der Waals surface area (Å²) in [5, 5.41) is 0. The van der Waals surface area contributed by atoms with Gasteiger partial charge in [-0.05, 0) is 55.0 Å². The van der Waals surface area contributed by atoms with Crippen LogP contribution in [0, 0.1) is 6.92 Å². The average molecular weight is 302 g/mol. The lowest BCUT2D eigenvalue weighted by Crippen LogP contribution is -2.24. The first kappa shape index (κ1) is 13.9. The van der Waals surface area contributed by atoms with Crippen LogP contribution in [0.2, 0.25) is 0 Å². The molecule has 1 aliphatic rings. The van der Waals surface area contributed by atoms with Crippen molar-refractivity contribution in [1.82, 2.24) is 9.38 Å². The minimum absolute atomic E-state index is 0.0763. The van der Waals surface area contributed by atoms with E-state index in [1.54, 1.807) is 4.40 Å². The van der Waals surface area contributed by atoms with Crippen LogP contribution < -0.4 is 5.56 Å². The highest BCUT2D eigenvalue weighted by molar-refractivity contribution is 5.82. The first-order chi connectivity index (χ1) is 11.2. The van der Waals surface area contributed by atoms with Gasteiger partial charge in [0.1, 0.15) is 5.65 Å². The van der Waals surface area contributed by atoms with E-state index in [0.717, 1.165) is 52.9 Å². The minimum Gasteiger partial charge on any atom is -0.269 e. The summed E-state index contributed by atoms with van der Waals surface area (Å²) < 4.78 is 1.68. The highest BCUT2D eigenvalue weighted by atomic mass is 16.1. The van der Waals surface area contributed by atoms with E-state index in [1.807, 2.05) is 43.5 Å². The second kappa shape index (κ2) is 5.51. The van der Waals surface area contributed by atoms with E-state index in [9.17, 15) is 4.79 Å². The van der Waals surface area contributed by atoms with Crippen LogP contribution in [-0.4, -0.2) is 9.38 Å². The largest absolute Gasteiger partial charge is 0.269 e. The lowest BCUT2D eigenvalue weighted by atomic mass is 9.91.